The molecule has 1 aliphatic heterocycles. The fourth-order valence-corrected chi connectivity index (χ4v) is 5.46. The van der Waals surface area contributed by atoms with Crippen LogP contribution in [0.5, 0.6) is 0 Å². The average molecular weight is 451 g/mol. The molecule has 1 fully saturated rings. The van der Waals surface area contributed by atoms with E-state index in [4.69, 9.17) is 4.74 Å². The molecule has 1 amide bonds. The summed E-state index contributed by atoms with van der Waals surface area (Å²) in [6, 6.07) is 8.91. The van der Waals surface area contributed by atoms with E-state index in [9.17, 15) is 18.0 Å². The van der Waals surface area contributed by atoms with Gasteiger partial charge in [-0.3, -0.25) is 9.59 Å². The number of carbonyl (C=O) groups is 2. The molecule has 1 saturated heterocycles. The fraction of sp³-hybridized carbons (Fsp3) is 0.429. The zero-order valence-electron chi connectivity index (χ0n) is 17.1. The first-order valence-electron chi connectivity index (χ1n) is 9.80. The second-order valence-electron chi connectivity index (χ2n) is 7.39. The third kappa shape index (κ3) is 5.47. The zero-order chi connectivity index (χ0) is 21.7. The number of amides is 1. The molecule has 0 atom stereocenters. The summed E-state index contributed by atoms with van der Waals surface area (Å²) in [5, 5.41) is 4.63. The number of aryl methyl sites for hydroxylation is 2. The van der Waals surface area contributed by atoms with Gasteiger partial charge in [-0.05, 0) is 61.4 Å². The second-order valence-corrected chi connectivity index (χ2v) is 10.4. The van der Waals surface area contributed by atoms with Crippen LogP contribution in [0.15, 0.2) is 40.6 Å². The van der Waals surface area contributed by atoms with Gasteiger partial charge >= 0.3 is 5.97 Å². The van der Waals surface area contributed by atoms with Gasteiger partial charge in [-0.1, -0.05) is 12.1 Å². The molecular weight excluding hydrogens is 424 g/mol. The smallest absolute Gasteiger partial charge is 0.309 e. The SMILES string of the molecule is Cc1ccc(S(=O)(=O)N2CCC(C(=O)OCC(=O)NCc3cccs3)CC2)cc1C. The minimum atomic E-state index is -3.59. The summed E-state index contributed by atoms with van der Waals surface area (Å²) in [5.41, 5.74) is 1.96. The molecule has 2 heterocycles. The van der Waals surface area contributed by atoms with Crippen LogP contribution >= 0.6 is 11.3 Å². The van der Waals surface area contributed by atoms with Gasteiger partial charge in [0.25, 0.3) is 5.91 Å². The van der Waals surface area contributed by atoms with Crippen molar-refractivity contribution in [2.24, 2.45) is 5.92 Å². The highest BCUT2D eigenvalue weighted by Gasteiger charge is 2.33. The topological polar surface area (TPSA) is 92.8 Å². The molecular formula is C21H26N2O5S2. The Morgan fingerprint density at radius 3 is 2.53 bits per heavy atom. The number of thiophene rings is 1. The van der Waals surface area contributed by atoms with Gasteiger partial charge in [0, 0.05) is 18.0 Å². The van der Waals surface area contributed by atoms with Crippen LogP contribution in [0, 0.1) is 19.8 Å². The fourth-order valence-electron chi connectivity index (χ4n) is 3.26. The van der Waals surface area contributed by atoms with Gasteiger partial charge in [-0.25, -0.2) is 8.42 Å². The number of carbonyl (C=O) groups excluding carboxylic acids is 2. The Bertz CT molecular complexity index is 994. The van der Waals surface area contributed by atoms with Gasteiger partial charge < -0.3 is 10.1 Å². The molecule has 9 heteroatoms. The number of hydrogen-bond acceptors (Lipinski definition) is 6. The van der Waals surface area contributed by atoms with Crippen molar-refractivity contribution in [3.63, 3.8) is 0 Å². The number of hydrogen-bond donors (Lipinski definition) is 1. The van der Waals surface area contributed by atoms with Gasteiger partial charge in [0.15, 0.2) is 6.61 Å². The Hall–Kier alpha value is -2.23. The summed E-state index contributed by atoms with van der Waals surface area (Å²) in [7, 11) is -3.59. The number of nitrogens with one attached hydrogen (secondary N) is 1. The molecule has 0 unspecified atom stereocenters. The van der Waals surface area contributed by atoms with Crippen molar-refractivity contribution in [2.75, 3.05) is 19.7 Å². The lowest BCUT2D eigenvalue weighted by molar-refractivity contribution is -0.153. The van der Waals surface area contributed by atoms with E-state index in [-0.39, 0.29) is 30.5 Å². The molecule has 2 aromatic rings. The maximum atomic E-state index is 12.9. The van der Waals surface area contributed by atoms with Gasteiger partial charge in [0.2, 0.25) is 10.0 Å². The Morgan fingerprint density at radius 2 is 1.90 bits per heavy atom. The summed E-state index contributed by atoms with van der Waals surface area (Å²) >= 11 is 1.54. The molecule has 0 spiro atoms. The average Bonchev–Trinajstić information content (AvgIpc) is 3.26. The van der Waals surface area contributed by atoms with Gasteiger partial charge in [0.1, 0.15) is 0 Å². The van der Waals surface area contributed by atoms with Crippen LogP contribution in [-0.2, 0) is 30.9 Å². The van der Waals surface area contributed by atoms with Crippen molar-refractivity contribution < 1.29 is 22.7 Å². The molecule has 0 bridgehead atoms. The van der Waals surface area contributed by atoms with Crippen LogP contribution < -0.4 is 5.32 Å². The highest BCUT2D eigenvalue weighted by molar-refractivity contribution is 7.89. The maximum Gasteiger partial charge on any atom is 0.309 e. The van der Waals surface area contributed by atoms with Crippen LogP contribution in [0.25, 0.3) is 0 Å². The highest BCUT2D eigenvalue weighted by Crippen LogP contribution is 2.25. The monoisotopic (exact) mass is 450 g/mol. The van der Waals surface area contributed by atoms with Gasteiger partial charge in [-0.15, -0.1) is 11.3 Å². The van der Waals surface area contributed by atoms with Crippen LogP contribution in [0.2, 0.25) is 0 Å². The van der Waals surface area contributed by atoms with Crippen molar-refractivity contribution >= 4 is 33.2 Å². The predicted octanol–water partition coefficient (Wildman–Crippen LogP) is 2.63. The Balaban J connectivity index is 1.46. The summed E-state index contributed by atoms with van der Waals surface area (Å²) in [6.45, 7) is 4.39. The van der Waals surface area contributed by atoms with E-state index in [0.29, 0.717) is 19.4 Å². The molecule has 1 aromatic carbocycles. The Morgan fingerprint density at radius 1 is 1.17 bits per heavy atom. The molecule has 1 aromatic heterocycles. The largest absolute Gasteiger partial charge is 0.455 e. The highest BCUT2D eigenvalue weighted by atomic mass is 32.2. The van der Waals surface area contributed by atoms with Crippen LogP contribution in [0.4, 0.5) is 0 Å². The van der Waals surface area contributed by atoms with E-state index in [0.717, 1.165) is 16.0 Å². The first-order chi connectivity index (χ1) is 14.3. The normalized spacial score (nSPS) is 15.7. The minimum absolute atomic E-state index is 0.250. The number of sulfonamides is 1. The minimum Gasteiger partial charge on any atom is -0.455 e. The van der Waals surface area contributed by atoms with Crippen LogP contribution in [-0.4, -0.2) is 44.3 Å². The van der Waals surface area contributed by atoms with Crippen molar-refractivity contribution in [3.05, 3.63) is 51.7 Å². The second kappa shape index (κ2) is 9.72. The molecule has 1 N–H and O–H groups in total. The molecule has 0 saturated carbocycles. The summed E-state index contributed by atoms with van der Waals surface area (Å²) in [5.74, 6) is -1.21. The van der Waals surface area contributed by atoms with Gasteiger partial charge in [0.05, 0.1) is 17.4 Å². The van der Waals surface area contributed by atoms with E-state index < -0.39 is 21.9 Å². The molecule has 1 aliphatic rings. The maximum absolute atomic E-state index is 12.9. The molecule has 0 aliphatic carbocycles. The number of benzene rings is 1. The standard InChI is InChI=1S/C21H26N2O5S2/c1-15-5-6-19(12-16(15)2)30(26,27)23-9-7-17(8-10-23)21(25)28-14-20(24)22-13-18-4-3-11-29-18/h3-6,11-12,17H,7-10,13-14H2,1-2H3,(H,22,24). The van der Waals surface area contributed by atoms with E-state index in [1.54, 1.807) is 18.2 Å². The van der Waals surface area contributed by atoms with Crippen molar-refractivity contribution in [1.29, 1.82) is 0 Å². The third-order valence-corrected chi connectivity index (χ3v) is 8.06. The summed E-state index contributed by atoms with van der Waals surface area (Å²) < 4.78 is 32.3. The van der Waals surface area contributed by atoms with Crippen molar-refractivity contribution in [2.45, 2.75) is 38.1 Å². The number of esters is 1. The molecule has 3 rings (SSSR count). The molecule has 0 radical (unpaired) electrons. The van der Waals surface area contributed by atoms with E-state index in [1.807, 2.05) is 31.4 Å². The molecule has 162 valence electrons. The number of ether oxygens (including phenoxy) is 1. The lowest BCUT2D eigenvalue weighted by Crippen LogP contribution is -2.41. The number of nitrogens with zero attached hydrogens (tertiary/aromatic N) is 1. The quantitative estimate of drug-likeness (QED) is 0.655. The predicted molar refractivity (Wildman–Crippen MR) is 115 cm³/mol. The van der Waals surface area contributed by atoms with Gasteiger partial charge in [-0.2, -0.15) is 4.31 Å². The lowest BCUT2D eigenvalue weighted by Gasteiger charge is -2.30. The summed E-state index contributed by atoms with van der Waals surface area (Å²) in [4.78, 5) is 25.4. The van der Waals surface area contributed by atoms with E-state index in [1.165, 1.54) is 15.6 Å². The van der Waals surface area contributed by atoms with Crippen LogP contribution in [0.3, 0.4) is 0 Å². The van der Waals surface area contributed by atoms with Crippen LogP contribution in [0.1, 0.15) is 28.8 Å². The van der Waals surface area contributed by atoms with Crippen molar-refractivity contribution in [3.8, 4) is 0 Å². The van der Waals surface area contributed by atoms with E-state index >= 15 is 0 Å². The van der Waals surface area contributed by atoms with E-state index in [2.05, 4.69) is 5.32 Å². The number of piperidine rings is 1. The molecule has 7 nitrogen and oxygen atoms in total. The first-order valence-corrected chi connectivity index (χ1v) is 12.1. The number of rotatable bonds is 7. The first kappa shape index (κ1) is 22.5. The lowest BCUT2D eigenvalue weighted by atomic mass is 9.98. The van der Waals surface area contributed by atoms with Crippen molar-refractivity contribution in [1.82, 2.24) is 9.62 Å². The summed E-state index contributed by atoms with van der Waals surface area (Å²) in [6.07, 6.45) is 0.749. The Kier molecular flexibility index (Phi) is 7.27. The Labute approximate surface area is 181 Å². The zero-order valence-corrected chi connectivity index (χ0v) is 18.7. The molecule has 30 heavy (non-hydrogen) atoms. The third-order valence-electron chi connectivity index (χ3n) is 5.29.